The van der Waals surface area contributed by atoms with E-state index in [-0.39, 0.29) is 5.91 Å². The quantitative estimate of drug-likeness (QED) is 0.456. The standard InChI is InChI=1S/C25H18N2O4/c1-30-18-12-17(13-19(14-18)31-2)27-24(28)20-7-5-6-15-10-16(22-8-3-4-9-26-22)11-21(23(15)20)25(27)29/h3-14H,1-2H3. The summed E-state index contributed by atoms with van der Waals surface area (Å²) in [6.45, 7) is 0. The molecule has 0 aliphatic carbocycles. The summed E-state index contributed by atoms with van der Waals surface area (Å²) >= 11 is 0. The van der Waals surface area contributed by atoms with Crippen molar-refractivity contribution in [2.24, 2.45) is 0 Å². The highest BCUT2D eigenvalue weighted by molar-refractivity contribution is 6.36. The highest BCUT2D eigenvalue weighted by atomic mass is 16.5. The average molecular weight is 410 g/mol. The van der Waals surface area contributed by atoms with Crippen molar-refractivity contribution in [1.29, 1.82) is 0 Å². The van der Waals surface area contributed by atoms with E-state index in [2.05, 4.69) is 4.98 Å². The van der Waals surface area contributed by atoms with Crippen LogP contribution in [0.1, 0.15) is 20.7 Å². The predicted octanol–water partition coefficient (Wildman–Crippen LogP) is 4.72. The van der Waals surface area contributed by atoms with E-state index < -0.39 is 5.91 Å². The molecule has 2 heterocycles. The van der Waals surface area contributed by atoms with Gasteiger partial charge < -0.3 is 9.47 Å². The Kier molecular flexibility index (Phi) is 4.40. The molecule has 4 aromatic rings. The van der Waals surface area contributed by atoms with Gasteiger partial charge >= 0.3 is 0 Å². The van der Waals surface area contributed by atoms with Gasteiger partial charge in [0.1, 0.15) is 11.5 Å². The first-order chi connectivity index (χ1) is 15.1. The maximum atomic E-state index is 13.6. The third-order valence-corrected chi connectivity index (χ3v) is 5.40. The minimum atomic E-state index is -0.401. The van der Waals surface area contributed by atoms with Crippen molar-refractivity contribution in [1.82, 2.24) is 4.98 Å². The monoisotopic (exact) mass is 410 g/mol. The van der Waals surface area contributed by atoms with Crippen LogP contribution in [0.15, 0.2) is 72.9 Å². The molecule has 31 heavy (non-hydrogen) atoms. The molecule has 0 fully saturated rings. The first-order valence-electron chi connectivity index (χ1n) is 9.71. The molecule has 2 amide bonds. The Balaban J connectivity index is 1.74. The summed E-state index contributed by atoms with van der Waals surface area (Å²) in [5.41, 5.74) is 2.88. The van der Waals surface area contributed by atoms with Crippen molar-refractivity contribution in [3.63, 3.8) is 0 Å². The SMILES string of the molecule is COc1cc(OC)cc(N2C(=O)c3cccc4cc(-c5ccccn5)cc(c34)C2=O)c1. The fourth-order valence-electron chi connectivity index (χ4n) is 3.95. The molecule has 152 valence electrons. The molecule has 0 bridgehead atoms. The summed E-state index contributed by atoms with van der Waals surface area (Å²) in [7, 11) is 3.04. The van der Waals surface area contributed by atoms with Gasteiger partial charge in [-0.25, -0.2) is 4.90 Å². The van der Waals surface area contributed by atoms with E-state index in [9.17, 15) is 9.59 Å². The van der Waals surface area contributed by atoms with E-state index in [1.54, 1.807) is 36.5 Å². The lowest BCUT2D eigenvalue weighted by molar-refractivity contribution is 0.0893. The molecule has 5 rings (SSSR count). The number of nitrogens with zero attached hydrogens (tertiary/aromatic N) is 2. The Morgan fingerprint density at radius 2 is 1.52 bits per heavy atom. The summed E-state index contributed by atoms with van der Waals surface area (Å²) in [4.78, 5) is 32.6. The van der Waals surface area contributed by atoms with Crippen LogP contribution in [0.2, 0.25) is 0 Å². The van der Waals surface area contributed by atoms with E-state index in [4.69, 9.17) is 9.47 Å². The highest BCUT2D eigenvalue weighted by Crippen LogP contribution is 2.37. The van der Waals surface area contributed by atoms with Gasteiger partial charge in [-0.1, -0.05) is 18.2 Å². The molecule has 1 aliphatic heterocycles. The maximum absolute atomic E-state index is 13.6. The summed E-state index contributed by atoms with van der Waals surface area (Å²) in [5, 5.41) is 1.48. The number of rotatable bonds is 4. The van der Waals surface area contributed by atoms with E-state index in [0.717, 1.165) is 16.6 Å². The molecule has 0 radical (unpaired) electrons. The van der Waals surface area contributed by atoms with Crippen molar-refractivity contribution >= 4 is 28.3 Å². The number of amides is 2. The minimum absolute atomic E-state index is 0.385. The summed E-state index contributed by atoms with van der Waals surface area (Å²) < 4.78 is 10.7. The molecular formula is C25H18N2O4. The Labute approximate surface area is 178 Å². The Morgan fingerprint density at radius 1 is 0.774 bits per heavy atom. The second-order valence-electron chi connectivity index (χ2n) is 7.16. The summed E-state index contributed by atoms with van der Waals surface area (Å²) in [5.74, 6) is 0.188. The molecule has 0 spiro atoms. The molecule has 3 aromatic carbocycles. The molecule has 0 saturated heterocycles. The van der Waals surface area contributed by atoms with Crippen LogP contribution in [0.25, 0.3) is 22.0 Å². The molecule has 6 heteroatoms. The number of aromatic nitrogens is 1. The van der Waals surface area contributed by atoms with Gasteiger partial charge in [0.05, 0.1) is 25.6 Å². The number of imide groups is 1. The number of pyridine rings is 1. The van der Waals surface area contributed by atoms with Crippen LogP contribution >= 0.6 is 0 Å². The average Bonchev–Trinajstić information content (AvgIpc) is 2.82. The van der Waals surface area contributed by atoms with Crippen LogP contribution in [0.4, 0.5) is 5.69 Å². The summed E-state index contributed by atoms with van der Waals surface area (Å²) in [6, 6.07) is 19.8. The topological polar surface area (TPSA) is 68.7 Å². The zero-order valence-corrected chi connectivity index (χ0v) is 17.0. The second-order valence-corrected chi connectivity index (χ2v) is 7.16. The van der Waals surface area contributed by atoms with Gasteiger partial charge in [-0.05, 0) is 35.7 Å². The number of ether oxygens (including phenoxy) is 2. The molecule has 1 aromatic heterocycles. The Hall–Kier alpha value is -4.19. The van der Waals surface area contributed by atoms with Gasteiger partial charge in [0.15, 0.2) is 0 Å². The highest BCUT2D eigenvalue weighted by Gasteiger charge is 2.35. The predicted molar refractivity (Wildman–Crippen MR) is 118 cm³/mol. The lowest BCUT2D eigenvalue weighted by Crippen LogP contribution is -2.40. The van der Waals surface area contributed by atoms with Gasteiger partial charge in [0, 0.05) is 46.5 Å². The first-order valence-corrected chi connectivity index (χ1v) is 9.71. The molecule has 6 nitrogen and oxygen atoms in total. The number of carbonyl (C=O) groups excluding carboxylic acids is 2. The van der Waals surface area contributed by atoms with Crippen molar-refractivity contribution in [2.75, 3.05) is 19.1 Å². The first kappa shape index (κ1) is 18.8. The minimum Gasteiger partial charge on any atom is -0.497 e. The van der Waals surface area contributed by atoms with Crippen LogP contribution in [-0.4, -0.2) is 31.0 Å². The van der Waals surface area contributed by atoms with Crippen LogP contribution in [0.5, 0.6) is 11.5 Å². The van der Waals surface area contributed by atoms with Crippen LogP contribution in [0, 0.1) is 0 Å². The van der Waals surface area contributed by atoms with E-state index in [0.29, 0.717) is 33.7 Å². The van der Waals surface area contributed by atoms with Crippen LogP contribution in [0.3, 0.4) is 0 Å². The lowest BCUT2D eigenvalue weighted by atomic mass is 9.91. The number of benzene rings is 3. The zero-order chi connectivity index (χ0) is 21.5. The van der Waals surface area contributed by atoms with Crippen molar-refractivity contribution in [3.05, 3.63) is 84.1 Å². The largest absolute Gasteiger partial charge is 0.497 e. The number of anilines is 1. The Bertz CT molecular complexity index is 1330. The van der Waals surface area contributed by atoms with E-state index in [1.807, 2.05) is 36.4 Å². The zero-order valence-electron chi connectivity index (χ0n) is 17.0. The number of hydrogen-bond acceptors (Lipinski definition) is 5. The van der Waals surface area contributed by atoms with Gasteiger partial charge in [-0.3, -0.25) is 14.6 Å². The number of hydrogen-bond donors (Lipinski definition) is 0. The van der Waals surface area contributed by atoms with Crippen molar-refractivity contribution in [3.8, 4) is 22.8 Å². The van der Waals surface area contributed by atoms with Crippen LogP contribution in [-0.2, 0) is 0 Å². The normalized spacial score (nSPS) is 12.9. The van der Waals surface area contributed by atoms with E-state index >= 15 is 0 Å². The molecule has 0 N–H and O–H groups in total. The third-order valence-electron chi connectivity index (χ3n) is 5.40. The molecule has 0 atom stereocenters. The maximum Gasteiger partial charge on any atom is 0.266 e. The van der Waals surface area contributed by atoms with E-state index in [1.165, 1.54) is 19.1 Å². The van der Waals surface area contributed by atoms with Crippen molar-refractivity contribution in [2.45, 2.75) is 0 Å². The Morgan fingerprint density at radius 3 is 2.19 bits per heavy atom. The van der Waals surface area contributed by atoms with Gasteiger partial charge in [-0.15, -0.1) is 0 Å². The fourth-order valence-corrected chi connectivity index (χ4v) is 3.95. The molecule has 0 saturated carbocycles. The van der Waals surface area contributed by atoms with Gasteiger partial charge in [-0.2, -0.15) is 0 Å². The number of carbonyl (C=O) groups is 2. The van der Waals surface area contributed by atoms with Crippen LogP contribution < -0.4 is 14.4 Å². The molecule has 1 aliphatic rings. The number of methoxy groups -OCH3 is 2. The lowest BCUT2D eigenvalue weighted by Gasteiger charge is -2.28. The molecule has 0 unspecified atom stereocenters. The second kappa shape index (κ2) is 7.25. The summed E-state index contributed by atoms with van der Waals surface area (Å²) in [6.07, 6.45) is 1.71. The van der Waals surface area contributed by atoms with Gasteiger partial charge in [0.25, 0.3) is 11.8 Å². The smallest absolute Gasteiger partial charge is 0.266 e. The fraction of sp³-hybridized carbons (Fsp3) is 0.0800. The third kappa shape index (κ3) is 3.00. The molecular weight excluding hydrogens is 392 g/mol. The van der Waals surface area contributed by atoms with Crippen molar-refractivity contribution < 1.29 is 19.1 Å². The van der Waals surface area contributed by atoms with Gasteiger partial charge in [0.2, 0.25) is 0 Å².